The highest BCUT2D eigenvalue weighted by Gasteiger charge is 2.10. The lowest BCUT2D eigenvalue weighted by atomic mass is 10.2. The van der Waals surface area contributed by atoms with Crippen molar-refractivity contribution in [1.82, 2.24) is 5.32 Å². The number of carbonyl (C=O) groups is 2. The molecule has 2 amide bonds. The van der Waals surface area contributed by atoms with Gasteiger partial charge in [-0.2, -0.15) is 0 Å². The lowest BCUT2D eigenvalue weighted by Gasteiger charge is -2.14. The maximum absolute atomic E-state index is 11.9. The van der Waals surface area contributed by atoms with E-state index in [0.29, 0.717) is 10.6 Å². The molecule has 5 N–H and O–H groups in total. The average molecular weight is 363 g/mol. The van der Waals surface area contributed by atoms with Crippen molar-refractivity contribution in [2.75, 3.05) is 30.3 Å². The van der Waals surface area contributed by atoms with E-state index < -0.39 is 18.6 Å². The van der Waals surface area contributed by atoms with Crippen LogP contribution in [0, 0.1) is 6.92 Å². The molecule has 7 nitrogen and oxygen atoms in total. The van der Waals surface area contributed by atoms with Crippen molar-refractivity contribution in [2.45, 2.75) is 13.0 Å². The molecule has 0 radical (unpaired) electrons. The van der Waals surface area contributed by atoms with Crippen molar-refractivity contribution in [2.24, 2.45) is 0 Å². The van der Waals surface area contributed by atoms with E-state index in [1.54, 1.807) is 30.3 Å². The van der Waals surface area contributed by atoms with E-state index >= 15 is 0 Å². The minimum absolute atomic E-state index is 0.146. The zero-order valence-corrected chi connectivity index (χ0v) is 14.6. The highest BCUT2D eigenvalue weighted by Crippen LogP contribution is 2.15. The third-order valence-electron chi connectivity index (χ3n) is 3.32. The maximum atomic E-state index is 11.9. The van der Waals surface area contributed by atoms with Gasteiger partial charge in [0.1, 0.15) is 6.61 Å². The van der Waals surface area contributed by atoms with Gasteiger partial charge in [-0.05, 0) is 43.3 Å². The topological polar surface area (TPSA) is 111 Å². The molecule has 1 aromatic carbocycles. The van der Waals surface area contributed by atoms with Crippen LogP contribution in [0.4, 0.5) is 11.4 Å². The van der Waals surface area contributed by atoms with E-state index in [1.165, 1.54) is 11.3 Å². The lowest BCUT2D eigenvalue weighted by Crippen LogP contribution is -2.35. The molecule has 0 unspecified atom stereocenters. The molecule has 0 aliphatic rings. The highest BCUT2D eigenvalue weighted by atomic mass is 32.1. The Morgan fingerprint density at radius 1 is 1.08 bits per heavy atom. The van der Waals surface area contributed by atoms with E-state index in [9.17, 15) is 14.7 Å². The Hall–Kier alpha value is -2.42. The second kappa shape index (κ2) is 9.16. The molecular weight excluding hydrogens is 342 g/mol. The number of carbonyl (C=O) groups excluding carboxylic acids is 2. The van der Waals surface area contributed by atoms with Crippen molar-refractivity contribution in [3.8, 4) is 0 Å². The number of thiophene rings is 1. The Balaban J connectivity index is 1.73. The number of aliphatic hydroxyl groups excluding tert-OH is 2. The monoisotopic (exact) mass is 363 g/mol. The van der Waals surface area contributed by atoms with Crippen LogP contribution in [0.1, 0.15) is 14.5 Å². The van der Waals surface area contributed by atoms with Crippen LogP contribution < -0.4 is 16.0 Å². The van der Waals surface area contributed by atoms with Gasteiger partial charge < -0.3 is 26.2 Å². The molecule has 1 aromatic heterocycles. The van der Waals surface area contributed by atoms with Crippen LogP contribution in [0.5, 0.6) is 0 Å². The fourth-order valence-electron chi connectivity index (χ4n) is 2.03. The second-order valence-electron chi connectivity index (χ2n) is 5.44. The van der Waals surface area contributed by atoms with Crippen molar-refractivity contribution >= 4 is 34.5 Å². The van der Waals surface area contributed by atoms with Crippen LogP contribution in [-0.2, 0) is 4.79 Å². The van der Waals surface area contributed by atoms with Crippen LogP contribution in [0.2, 0.25) is 0 Å². The van der Waals surface area contributed by atoms with Gasteiger partial charge in [0.25, 0.3) is 5.91 Å². The number of aryl methyl sites for hydroxylation is 1. The summed E-state index contributed by atoms with van der Waals surface area (Å²) in [5.41, 5.74) is 1.34. The molecule has 8 heteroatoms. The first-order valence-electron chi connectivity index (χ1n) is 7.75. The average Bonchev–Trinajstić information content (AvgIpc) is 3.05. The fourth-order valence-corrected chi connectivity index (χ4v) is 2.82. The summed E-state index contributed by atoms with van der Waals surface area (Å²) in [6, 6.07) is 10.5. The van der Waals surface area contributed by atoms with Crippen molar-refractivity contribution < 1.29 is 19.8 Å². The van der Waals surface area contributed by atoms with E-state index in [2.05, 4.69) is 16.0 Å². The molecule has 0 aliphatic heterocycles. The molecule has 2 aromatic rings. The zero-order chi connectivity index (χ0) is 18.2. The van der Waals surface area contributed by atoms with Crippen molar-refractivity contribution in [1.29, 1.82) is 0 Å². The normalized spacial score (nSPS) is 11.6. The second-order valence-corrected chi connectivity index (χ2v) is 6.73. The summed E-state index contributed by atoms with van der Waals surface area (Å²) >= 11 is 1.41. The number of hydrogen-bond acceptors (Lipinski definition) is 6. The SMILES string of the molecule is Cc1ccc(C(=O)NC[C@H](O)CNc2ccc(NC(=O)CO)cc2)s1. The standard InChI is InChI=1S/C17H21N3O4S/c1-11-2-7-15(25-11)17(24)19-9-14(22)8-18-12-3-5-13(6-4-12)20-16(23)10-21/h2-7,14,18,21-22H,8-10H2,1H3,(H,19,24)(H,20,23)/t14-/m1/s1. The van der Waals surface area contributed by atoms with Gasteiger partial charge >= 0.3 is 0 Å². The number of rotatable bonds is 8. The summed E-state index contributed by atoms with van der Waals surface area (Å²) in [4.78, 5) is 24.7. The Morgan fingerprint density at radius 3 is 2.36 bits per heavy atom. The maximum Gasteiger partial charge on any atom is 0.261 e. The summed E-state index contributed by atoms with van der Waals surface area (Å²) in [6.07, 6.45) is -0.737. The molecule has 2 rings (SSSR count). The summed E-state index contributed by atoms with van der Waals surface area (Å²) in [5.74, 6) is -0.672. The summed E-state index contributed by atoms with van der Waals surface area (Å²) in [6.45, 7) is 1.78. The predicted octanol–water partition coefficient (Wildman–Crippen LogP) is 1.19. The van der Waals surface area contributed by atoms with Gasteiger partial charge in [0.15, 0.2) is 0 Å². The van der Waals surface area contributed by atoms with E-state index in [0.717, 1.165) is 10.6 Å². The molecule has 1 heterocycles. The smallest absolute Gasteiger partial charge is 0.261 e. The molecule has 0 saturated heterocycles. The third kappa shape index (κ3) is 6.18. The van der Waals surface area contributed by atoms with Gasteiger partial charge in [-0.15, -0.1) is 11.3 Å². The van der Waals surface area contributed by atoms with Gasteiger partial charge in [0.05, 0.1) is 11.0 Å². The molecule has 0 bridgehead atoms. The van der Waals surface area contributed by atoms with E-state index in [-0.39, 0.29) is 19.0 Å². The van der Waals surface area contributed by atoms with Crippen LogP contribution >= 0.6 is 11.3 Å². The number of aliphatic hydroxyl groups is 2. The molecule has 134 valence electrons. The minimum atomic E-state index is -0.737. The quantitative estimate of drug-likeness (QED) is 0.484. The first-order chi connectivity index (χ1) is 12.0. The predicted molar refractivity (Wildman–Crippen MR) is 98.0 cm³/mol. The third-order valence-corrected chi connectivity index (χ3v) is 4.32. The van der Waals surface area contributed by atoms with Gasteiger partial charge in [-0.3, -0.25) is 9.59 Å². The number of anilines is 2. The van der Waals surface area contributed by atoms with Crippen LogP contribution in [-0.4, -0.2) is 47.8 Å². The minimum Gasteiger partial charge on any atom is -0.389 e. The first-order valence-corrected chi connectivity index (χ1v) is 8.57. The van der Waals surface area contributed by atoms with E-state index in [4.69, 9.17) is 5.11 Å². The van der Waals surface area contributed by atoms with Crippen molar-refractivity contribution in [3.63, 3.8) is 0 Å². The molecular formula is C17H21N3O4S. The molecule has 0 saturated carbocycles. The van der Waals surface area contributed by atoms with Crippen LogP contribution in [0.25, 0.3) is 0 Å². The number of amides is 2. The van der Waals surface area contributed by atoms with Gasteiger partial charge in [-0.1, -0.05) is 0 Å². The first kappa shape index (κ1) is 18.9. The lowest BCUT2D eigenvalue weighted by molar-refractivity contribution is -0.118. The zero-order valence-electron chi connectivity index (χ0n) is 13.8. The fraction of sp³-hybridized carbons (Fsp3) is 0.294. The number of hydrogen-bond donors (Lipinski definition) is 5. The van der Waals surface area contributed by atoms with Crippen molar-refractivity contribution in [3.05, 3.63) is 46.2 Å². The summed E-state index contributed by atoms with van der Waals surface area (Å²) in [5, 5.41) is 26.9. The molecule has 25 heavy (non-hydrogen) atoms. The molecule has 0 fully saturated rings. The Labute approximate surface area is 149 Å². The van der Waals surface area contributed by atoms with Gasteiger partial charge in [0.2, 0.25) is 5.91 Å². The molecule has 1 atom stereocenters. The summed E-state index contributed by atoms with van der Waals surface area (Å²) in [7, 11) is 0. The van der Waals surface area contributed by atoms with E-state index in [1.807, 2.05) is 13.0 Å². The molecule has 0 spiro atoms. The van der Waals surface area contributed by atoms with Gasteiger partial charge in [-0.25, -0.2) is 0 Å². The summed E-state index contributed by atoms with van der Waals surface area (Å²) < 4.78 is 0. The Morgan fingerprint density at radius 2 is 1.76 bits per heavy atom. The Kier molecular flexibility index (Phi) is 6.93. The van der Waals surface area contributed by atoms with Crippen LogP contribution in [0.15, 0.2) is 36.4 Å². The highest BCUT2D eigenvalue weighted by molar-refractivity contribution is 7.13. The molecule has 0 aliphatic carbocycles. The number of nitrogens with one attached hydrogen (secondary N) is 3. The van der Waals surface area contributed by atoms with Crippen LogP contribution in [0.3, 0.4) is 0 Å². The number of benzene rings is 1. The van der Waals surface area contributed by atoms with Gasteiger partial charge in [0, 0.05) is 29.3 Å². The Bertz CT molecular complexity index is 715. The largest absolute Gasteiger partial charge is 0.389 e.